The molecule has 1 saturated heterocycles. The molecule has 0 aromatic carbocycles. The lowest BCUT2D eigenvalue weighted by Crippen LogP contribution is -2.66. The first-order valence-electron chi connectivity index (χ1n) is 8.08. The molecule has 0 spiro atoms. The summed E-state index contributed by atoms with van der Waals surface area (Å²) in [6, 6.07) is 2.31. The number of ether oxygens (including phenoxy) is 2. The minimum Gasteiger partial charge on any atom is -0.377 e. The van der Waals surface area contributed by atoms with Crippen LogP contribution in [0.15, 0.2) is 6.07 Å². The minimum atomic E-state index is 0.0472. The van der Waals surface area contributed by atoms with Crippen LogP contribution in [0.4, 0.5) is 0 Å². The lowest BCUT2D eigenvalue weighted by atomic mass is 9.57. The van der Waals surface area contributed by atoms with E-state index in [0.717, 1.165) is 30.9 Å². The molecule has 3 atom stereocenters. The average molecular weight is 321 g/mol. The van der Waals surface area contributed by atoms with Gasteiger partial charge in [-0.05, 0) is 18.1 Å². The number of carbonyl (C=O) groups excluding carboxylic acids is 1. The number of fused-ring (bicyclic) bond motifs is 2. The smallest absolute Gasteiger partial charge is 0.263 e. The third-order valence-corrected chi connectivity index (χ3v) is 6.84. The molecule has 1 aliphatic carbocycles. The van der Waals surface area contributed by atoms with Crippen LogP contribution < -0.4 is 0 Å². The van der Waals surface area contributed by atoms with Crippen LogP contribution in [0.2, 0.25) is 0 Å². The summed E-state index contributed by atoms with van der Waals surface area (Å²) >= 11 is 1.65. The SMILES string of the molecule is CN(C(=O)c1cc2c(s1)CCOC2)[C@@H]1[C@@H]2CCO[C@H]2C1(C)C. The molecule has 0 unspecified atom stereocenters. The molecule has 22 heavy (non-hydrogen) atoms. The summed E-state index contributed by atoms with van der Waals surface area (Å²) in [4.78, 5) is 17.1. The Morgan fingerprint density at radius 2 is 2.23 bits per heavy atom. The largest absolute Gasteiger partial charge is 0.377 e. The Hall–Kier alpha value is -0.910. The standard InChI is InChI=1S/C17H23NO3S/c1-17(2)14(11-4-7-21-15(11)17)18(3)16(19)13-8-10-9-20-6-5-12(10)22-13/h8,11,14-15H,4-7,9H2,1-3H3/t11-,14+,15+/m0/s1. The molecule has 0 bridgehead atoms. The van der Waals surface area contributed by atoms with Gasteiger partial charge < -0.3 is 14.4 Å². The van der Waals surface area contributed by atoms with E-state index in [9.17, 15) is 4.79 Å². The van der Waals surface area contributed by atoms with Crippen molar-refractivity contribution in [1.82, 2.24) is 4.90 Å². The van der Waals surface area contributed by atoms with E-state index in [1.54, 1.807) is 11.3 Å². The van der Waals surface area contributed by atoms with Crippen molar-refractivity contribution in [1.29, 1.82) is 0 Å². The summed E-state index contributed by atoms with van der Waals surface area (Å²) in [5.74, 6) is 0.657. The van der Waals surface area contributed by atoms with Gasteiger partial charge in [-0.1, -0.05) is 13.8 Å². The molecule has 120 valence electrons. The first-order valence-corrected chi connectivity index (χ1v) is 8.90. The van der Waals surface area contributed by atoms with Crippen LogP contribution >= 0.6 is 11.3 Å². The molecule has 1 aromatic rings. The summed E-state index contributed by atoms with van der Waals surface area (Å²) in [6.07, 6.45) is 2.33. The van der Waals surface area contributed by atoms with Gasteiger partial charge in [0.1, 0.15) is 0 Å². The van der Waals surface area contributed by atoms with E-state index >= 15 is 0 Å². The summed E-state index contributed by atoms with van der Waals surface area (Å²) < 4.78 is 11.3. The maximum absolute atomic E-state index is 12.9. The van der Waals surface area contributed by atoms with Crippen LogP contribution in [0.25, 0.3) is 0 Å². The van der Waals surface area contributed by atoms with E-state index in [1.807, 2.05) is 18.0 Å². The molecule has 4 nitrogen and oxygen atoms in total. The van der Waals surface area contributed by atoms with E-state index < -0.39 is 0 Å². The van der Waals surface area contributed by atoms with Gasteiger partial charge in [-0.3, -0.25) is 4.79 Å². The molecule has 0 N–H and O–H groups in total. The molecule has 2 fully saturated rings. The third kappa shape index (κ3) is 1.99. The van der Waals surface area contributed by atoms with E-state index in [-0.39, 0.29) is 17.4 Å². The summed E-state index contributed by atoms with van der Waals surface area (Å²) in [5.41, 5.74) is 1.24. The van der Waals surface area contributed by atoms with Gasteiger partial charge in [-0.25, -0.2) is 0 Å². The molecule has 4 rings (SSSR count). The highest BCUT2D eigenvalue weighted by molar-refractivity contribution is 7.14. The lowest BCUT2D eigenvalue weighted by molar-refractivity contribution is -0.139. The highest BCUT2D eigenvalue weighted by Crippen LogP contribution is 2.54. The van der Waals surface area contributed by atoms with E-state index in [1.165, 1.54) is 10.4 Å². The van der Waals surface area contributed by atoms with Crippen molar-refractivity contribution in [2.75, 3.05) is 20.3 Å². The van der Waals surface area contributed by atoms with Crippen molar-refractivity contribution < 1.29 is 14.3 Å². The van der Waals surface area contributed by atoms with Gasteiger partial charge in [0.2, 0.25) is 0 Å². The Balaban J connectivity index is 1.56. The molecule has 1 aromatic heterocycles. The van der Waals surface area contributed by atoms with Crippen LogP contribution in [0.1, 0.15) is 40.4 Å². The predicted molar refractivity (Wildman–Crippen MR) is 85.2 cm³/mol. The van der Waals surface area contributed by atoms with Gasteiger partial charge in [-0.2, -0.15) is 0 Å². The number of carbonyl (C=O) groups is 1. The molecule has 0 radical (unpaired) electrons. The molecular weight excluding hydrogens is 298 g/mol. The Kier molecular flexibility index (Phi) is 3.36. The number of thiophene rings is 1. The number of amides is 1. The topological polar surface area (TPSA) is 38.8 Å². The number of nitrogens with zero attached hydrogens (tertiary/aromatic N) is 1. The van der Waals surface area contributed by atoms with Crippen LogP contribution in [-0.4, -0.2) is 43.2 Å². The molecule has 1 amide bonds. The molecule has 2 aliphatic heterocycles. The van der Waals surface area contributed by atoms with Gasteiger partial charge >= 0.3 is 0 Å². The predicted octanol–water partition coefficient (Wildman–Crippen LogP) is 2.71. The van der Waals surface area contributed by atoms with Crippen LogP contribution in [0, 0.1) is 11.3 Å². The van der Waals surface area contributed by atoms with Crippen molar-refractivity contribution in [3.63, 3.8) is 0 Å². The summed E-state index contributed by atoms with van der Waals surface area (Å²) in [7, 11) is 1.96. The first-order chi connectivity index (χ1) is 10.5. The average Bonchev–Trinajstić information content (AvgIpc) is 3.10. The quantitative estimate of drug-likeness (QED) is 0.841. The van der Waals surface area contributed by atoms with Gasteiger partial charge in [-0.15, -0.1) is 11.3 Å². The molecule has 3 aliphatic rings. The fourth-order valence-electron chi connectivity index (χ4n) is 4.64. The van der Waals surface area contributed by atoms with Crippen LogP contribution in [0.5, 0.6) is 0 Å². The fourth-order valence-corrected chi connectivity index (χ4v) is 5.77. The second kappa shape index (κ2) is 5.05. The van der Waals surface area contributed by atoms with Crippen molar-refractivity contribution >= 4 is 17.2 Å². The molecule has 1 saturated carbocycles. The zero-order chi connectivity index (χ0) is 15.5. The Bertz CT molecular complexity index is 586. The molecule has 3 heterocycles. The maximum atomic E-state index is 12.9. The van der Waals surface area contributed by atoms with Gasteiger partial charge in [0.05, 0.1) is 24.2 Å². The van der Waals surface area contributed by atoms with Crippen molar-refractivity contribution in [2.45, 2.75) is 45.4 Å². The highest BCUT2D eigenvalue weighted by Gasteiger charge is 2.61. The zero-order valence-corrected chi connectivity index (χ0v) is 14.2. The van der Waals surface area contributed by atoms with Crippen molar-refractivity contribution in [3.05, 3.63) is 21.4 Å². The monoisotopic (exact) mass is 321 g/mol. The zero-order valence-electron chi connectivity index (χ0n) is 13.4. The fraction of sp³-hybridized carbons (Fsp3) is 0.706. The van der Waals surface area contributed by atoms with Gasteiger partial charge in [0, 0.05) is 42.3 Å². The third-order valence-electron chi connectivity index (χ3n) is 5.61. The normalized spacial score (nSPS) is 32.0. The van der Waals surface area contributed by atoms with Crippen LogP contribution in [-0.2, 0) is 22.5 Å². The van der Waals surface area contributed by atoms with Gasteiger partial charge in [0.15, 0.2) is 0 Å². The Morgan fingerprint density at radius 3 is 3.00 bits per heavy atom. The van der Waals surface area contributed by atoms with Gasteiger partial charge in [0.25, 0.3) is 5.91 Å². The number of hydrogen-bond acceptors (Lipinski definition) is 4. The molecule has 5 heteroatoms. The Morgan fingerprint density at radius 1 is 1.41 bits per heavy atom. The van der Waals surface area contributed by atoms with Crippen LogP contribution in [0.3, 0.4) is 0 Å². The molecular formula is C17H23NO3S. The van der Waals surface area contributed by atoms with Crippen molar-refractivity contribution in [3.8, 4) is 0 Å². The van der Waals surface area contributed by atoms with E-state index in [4.69, 9.17) is 9.47 Å². The Labute approximate surface area is 135 Å². The number of hydrogen-bond donors (Lipinski definition) is 0. The second-order valence-electron chi connectivity index (χ2n) is 7.29. The minimum absolute atomic E-state index is 0.0472. The first kappa shape index (κ1) is 14.7. The van der Waals surface area contributed by atoms with E-state index in [0.29, 0.717) is 18.6 Å². The summed E-state index contributed by atoms with van der Waals surface area (Å²) in [5, 5.41) is 0. The maximum Gasteiger partial charge on any atom is 0.263 e. The van der Waals surface area contributed by atoms with Crippen molar-refractivity contribution in [2.24, 2.45) is 11.3 Å². The summed E-state index contributed by atoms with van der Waals surface area (Å²) in [6.45, 7) is 6.70. The van der Waals surface area contributed by atoms with E-state index in [2.05, 4.69) is 13.8 Å². The second-order valence-corrected chi connectivity index (χ2v) is 8.42. The lowest BCUT2D eigenvalue weighted by Gasteiger charge is -2.57. The highest BCUT2D eigenvalue weighted by atomic mass is 32.1. The number of rotatable bonds is 2.